The van der Waals surface area contributed by atoms with Crippen molar-refractivity contribution in [3.8, 4) is 0 Å². The molecule has 0 bridgehead atoms. The minimum absolute atomic E-state index is 0.147. The number of aliphatic hydroxyl groups excluding tert-OH is 2. The van der Waals surface area contributed by atoms with Crippen LogP contribution in [0, 0.1) is 0 Å². The SMILES string of the molecule is O=C([C@@H]1O[C@H](n2cnc3c(=O)[nH]c(=O)[nH]c32)C(O)C1O)[P+](O)(O)O. The first-order valence-electron chi connectivity index (χ1n) is 6.43. The van der Waals surface area contributed by atoms with Crippen LogP contribution >= 0.6 is 7.94 Å². The van der Waals surface area contributed by atoms with Gasteiger partial charge in [0.2, 0.25) is 0 Å². The van der Waals surface area contributed by atoms with Gasteiger partial charge >= 0.3 is 19.2 Å². The van der Waals surface area contributed by atoms with E-state index in [-0.39, 0.29) is 11.2 Å². The third kappa shape index (κ3) is 2.57. The molecule has 4 atom stereocenters. The number of carbonyl (C=O) groups excluding carboxylic acids is 1. The lowest BCUT2D eigenvalue weighted by molar-refractivity contribution is -0.129. The van der Waals surface area contributed by atoms with Gasteiger partial charge in [-0.2, -0.15) is 14.7 Å². The molecule has 14 heteroatoms. The Balaban J connectivity index is 2.04. The van der Waals surface area contributed by atoms with E-state index in [0.29, 0.717) is 0 Å². The van der Waals surface area contributed by atoms with Gasteiger partial charge in [0.05, 0.1) is 6.33 Å². The van der Waals surface area contributed by atoms with Crippen LogP contribution in [0.4, 0.5) is 0 Å². The normalized spacial score (nSPS) is 27.7. The Hall–Kier alpha value is -1.99. The summed E-state index contributed by atoms with van der Waals surface area (Å²) in [5, 5.41) is 19.9. The van der Waals surface area contributed by atoms with Gasteiger partial charge in [-0.25, -0.2) is 14.6 Å². The highest BCUT2D eigenvalue weighted by Gasteiger charge is 2.58. The maximum Gasteiger partial charge on any atom is 0.481 e. The van der Waals surface area contributed by atoms with Crippen LogP contribution in [-0.2, 0) is 9.53 Å². The molecular formula is C10H12N4O9P+. The van der Waals surface area contributed by atoms with Crippen LogP contribution in [0.1, 0.15) is 6.23 Å². The first-order chi connectivity index (χ1) is 11.1. The molecule has 1 saturated heterocycles. The van der Waals surface area contributed by atoms with E-state index in [4.69, 9.17) is 19.4 Å². The summed E-state index contributed by atoms with van der Waals surface area (Å²) in [5.74, 6) is 0. The summed E-state index contributed by atoms with van der Waals surface area (Å²) in [6.07, 6.45) is -6.03. The van der Waals surface area contributed by atoms with Crippen LogP contribution in [0.15, 0.2) is 15.9 Å². The van der Waals surface area contributed by atoms with E-state index in [9.17, 15) is 24.6 Å². The minimum atomic E-state index is -4.96. The number of aliphatic hydroxyl groups is 2. The van der Waals surface area contributed by atoms with Gasteiger partial charge in [-0.1, -0.05) is 0 Å². The molecular weight excluding hydrogens is 351 g/mol. The predicted molar refractivity (Wildman–Crippen MR) is 75.5 cm³/mol. The van der Waals surface area contributed by atoms with Crippen LogP contribution in [-0.4, -0.2) is 68.2 Å². The summed E-state index contributed by atoms with van der Waals surface area (Å²) >= 11 is 0. The quantitative estimate of drug-likeness (QED) is 0.265. The van der Waals surface area contributed by atoms with E-state index in [1.54, 1.807) is 0 Å². The van der Waals surface area contributed by atoms with Crippen LogP contribution in [0.3, 0.4) is 0 Å². The molecule has 2 aromatic heterocycles. The van der Waals surface area contributed by atoms with E-state index in [1.165, 1.54) is 0 Å². The Bertz CT molecular complexity index is 911. The van der Waals surface area contributed by atoms with Crippen molar-refractivity contribution in [2.24, 2.45) is 0 Å². The number of aromatic nitrogens is 4. The van der Waals surface area contributed by atoms with Crippen molar-refractivity contribution in [3.63, 3.8) is 0 Å². The van der Waals surface area contributed by atoms with E-state index in [2.05, 4.69) is 9.97 Å². The third-order valence-electron chi connectivity index (χ3n) is 3.52. The number of H-pyrrole nitrogens is 2. The Labute approximate surface area is 131 Å². The molecule has 3 heterocycles. The van der Waals surface area contributed by atoms with E-state index < -0.39 is 49.3 Å². The standard InChI is InChI=1S/C10H11N4O9P/c15-3-4(16)8(23-5(3)9(18)24(20,21)22)14-1-11-2-6(14)12-10(19)13-7(2)17/h1,3-5,8,15-16,20-22H,(H-,12,13,17,19)/p+1/t3?,4?,5-,8+/m1/s1. The molecule has 0 radical (unpaired) electrons. The summed E-state index contributed by atoms with van der Waals surface area (Å²) in [6, 6.07) is 0. The van der Waals surface area contributed by atoms with Crippen molar-refractivity contribution in [2.75, 3.05) is 0 Å². The van der Waals surface area contributed by atoms with Crippen molar-refractivity contribution in [1.82, 2.24) is 19.5 Å². The highest BCUT2D eigenvalue weighted by molar-refractivity contribution is 7.76. The number of carbonyl (C=O) groups is 1. The largest absolute Gasteiger partial charge is 0.481 e. The second-order valence-corrected chi connectivity index (χ2v) is 6.67. The predicted octanol–water partition coefficient (Wildman–Crippen LogP) is -3.70. The van der Waals surface area contributed by atoms with E-state index in [0.717, 1.165) is 10.9 Å². The Morgan fingerprint density at radius 2 is 1.88 bits per heavy atom. The lowest BCUT2D eigenvalue weighted by atomic mass is 10.1. The average Bonchev–Trinajstić information content (AvgIpc) is 3.00. The molecule has 0 aromatic carbocycles. The molecule has 0 amide bonds. The second-order valence-electron chi connectivity index (χ2n) is 5.09. The van der Waals surface area contributed by atoms with Crippen molar-refractivity contribution in [2.45, 2.75) is 24.5 Å². The van der Waals surface area contributed by atoms with Gasteiger partial charge in [-0.05, 0) is 0 Å². The zero-order valence-corrected chi connectivity index (χ0v) is 12.5. The Kier molecular flexibility index (Phi) is 3.88. The van der Waals surface area contributed by atoms with Crippen LogP contribution in [0.5, 0.6) is 0 Å². The molecule has 2 aromatic rings. The van der Waals surface area contributed by atoms with E-state index >= 15 is 0 Å². The highest BCUT2D eigenvalue weighted by Crippen LogP contribution is 2.49. The van der Waals surface area contributed by atoms with Crippen LogP contribution in [0.25, 0.3) is 11.2 Å². The van der Waals surface area contributed by atoms with Crippen LogP contribution in [0.2, 0.25) is 0 Å². The maximum atomic E-state index is 11.7. The molecule has 1 fully saturated rings. The minimum Gasteiger partial charge on any atom is -0.387 e. The van der Waals surface area contributed by atoms with E-state index in [1.807, 2.05) is 4.98 Å². The number of imidazole rings is 1. The Morgan fingerprint density at radius 3 is 2.50 bits per heavy atom. The fraction of sp³-hybridized carbons (Fsp3) is 0.400. The van der Waals surface area contributed by atoms with Gasteiger partial charge in [0.1, 0.15) is 17.9 Å². The number of hydrogen-bond acceptors (Lipinski definition) is 10. The molecule has 3 rings (SSSR count). The van der Waals surface area contributed by atoms with Gasteiger partial charge in [-0.15, -0.1) is 0 Å². The fourth-order valence-corrected chi connectivity index (χ4v) is 2.96. The average molecular weight is 363 g/mol. The smallest absolute Gasteiger partial charge is 0.387 e. The highest BCUT2D eigenvalue weighted by atomic mass is 31.2. The summed E-state index contributed by atoms with van der Waals surface area (Å²) in [7, 11) is -4.96. The van der Waals surface area contributed by atoms with Gasteiger partial charge < -0.3 is 14.9 Å². The summed E-state index contributed by atoms with van der Waals surface area (Å²) in [5.41, 5.74) is -3.60. The Morgan fingerprint density at radius 1 is 1.21 bits per heavy atom. The number of fused-ring (bicyclic) bond motifs is 1. The lowest BCUT2D eigenvalue weighted by Crippen LogP contribution is -2.36. The summed E-state index contributed by atoms with van der Waals surface area (Å²) in [6.45, 7) is 0. The molecule has 0 saturated carbocycles. The number of ether oxygens (including phenoxy) is 1. The molecule has 2 unspecified atom stereocenters. The third-order valence-corrected chi connectivity index (χ3v) is 4.37. The topological polar surface area (TPSA) is 211 Å². The molecule has 1 aliphatic heterocycles. The first-order valence-corrected chi connectivity index (χ1v) is 8.08. The molecule has 130 valence electrons. The molecule has 1 aliphatic rings. The molecule has 0 spiro atoms. The fourth-order valence-electron chi connectivity index (χ4n) is 2.41. The maximum absolute atomic E-state index is 11.7. The van der Waals surface area contributed by atoms with Crippen LogP contribution < -0.4 is 11.2 Å². The first kappa shape index (κ1) is 16.9. The van der Waals surface area contributed by atoms with Crippen molar-refractivity contribution in [3.05, 3.63) is 27.2 Å². The molecule has 0 aliphatic carbocycles. The molecule has 24 heavy (non-hydrogen) atoms. The number of hydrogen-bond donors (Lipinski definition) is 7. The van der Waals surface area contributed by atoms with Crippen molar-refractivity contribution < 1.29 is 34.4 Å². The summed E-state index contributed by atoms with van der Waals surface area (Å²) < 4.78 is 6.08. The van der Waals surface area contributed by atoms with Gasteiger partial charge in [0.25, 0.3) is 5.56 Å². The van der Waals surface area contributed by atoms with Crippen molar-refractivity contribution >= 4 is 24.6 Å². The summed E-state index contributed by atoms with van der Waals surface area (Å²) in [4.78, 5) is 69.6. The monoisotopic (exact) mass is 363 g/mol. The lowest BCUT2D eigenvalue weighted by Gasteiger charge is -2.16. The molecule has 7 N–H and O–H groups in total. The second kappa shape index (κ2) is 5.53. The zero-order valence-electron chi connectivity index (χ0n) is 11.6. The number of rotatable bonds is 3. The zero-order chi connectivity index (χ0) is 17.8. The molecule has 13 nitrogen and oxygen atoms in total. The van der Waals surface area contributed by atoms with Crippen molar-refractivity contribution in [1.29, 1.82) is 0 Å². The van der Waals surface area contributed by atoms with Gasteiger partial charge in [0.15, 0.2) is 17.8 Å². The van der Waals surface area contributed by atoms with Gasteiger partial charge in [0, 0.05) is 0 Å². The number of nitrogens with zero attached hydrogens (tertiary/aromatic N) is 2. The number of aromatic amines is 2. The number of nitrogens with one attached hydrogen (secondary N) is 2. The van der Waals surface area contributed by atoms with Gasteiger partial charge in [-0.3, -0.25) is 19.3 Å².